The van der Waals surface area contributed by atoms with Crippen molar-refractivity contribution >= 4 is 44.4 Å². The van der Waals surface area contributed by atoms with Crippen LogP contribution in [0.15, 0.2) is 59.5 Å². The Hall–Kier alpha value is -3.74. The highest BCUT2D eigenvalue weighted by Gasteiger charge is 2.30. The maximum absolute atomic E-state index is 11.4. The minimum absolute atomic E-state index is 0.00941. The third kappa shape index (κ3) is 5.19. The number of primary sulfonamides is 1. The summed E-state index contributed by atoms with van der Waals surface area (Å²) < 4.78 is 22.7. The summed E-state index contributed by atoms with van der Waals surface area (Å²) in [5.41, 5.74) is 27.4. The van der Waals surface area contributed by atoms with Gasteiger partial charge in [0.1, 0.15) is 0 Å². The lowest BCUT2D eigenvalue weighted by Crippen LogP contribution is -2.28. The van der Waals surface area contributed by atoms with Crippen LogP contribution in [0.5, 0.6) is 0 Å². The molecule has 1 fully saturated rings. The molecule has 2 aromatic carbocycles. The molecule has 11 N–H and O–H groups in total. The molecule has 0 bridgehead atoms. The Kier molecular flexibility index (Phi) is 6.14. The molecular formula is C21H26N8O3S. The monoisotopic (exact) mass is 470 g/mol. The molecule has 1 saturated carbocycles. The summed E-state index contributed by atoms with van der Waals surface area (Å²) in [6.45, 7) is 0. The van der Waals surface area contributed by atoms with E-state index in [1.165, 1.54) is 12.1 Å². The molecule has 174 valence electrons. The van der Waals surface area contributed by atoms with Crippen LogP contribution in [0.25, 0.3) is 0 Å². The van der Waals surface area contributed by atoms with Crippen molar-refractivity contribution in [2.45, 2.75) is 29.8 Å². The second kappa shape index (κ2) is 9.02. The first-order chi connectivity index (χ1) is 15.7. The number of sulfonamides is 1. The van der Waals surface area contributed by atoms with E-state index in [1.54, 1.807) is 18.2 Å². The summed E-state index contributed by atoms with van der Waals surface area (Å²) in [7, 11) is -3.76. The van der Waals surface area contributed by atoms with Crippen molar-refractivity contribution in [3.63, 3.8) is 0 Å². The van der Waals surface area contributed by atoms with Crippen LogP contribution in [0.1, 0.15) is 24.3 Å². The van der Waals surface area contributed by atoms with E-state index in [0.29, 0.717) is 17.1 Å². The normalized spacial score (nSPS) is 17.6. The highest BCUT2D eigenvalue weighted by atomic mass is 32.2. The van der Waals surface area contributed by atoms with Gasteiger partial charge in [-0.15, -0.1) is 0 Å². The molecule has 12 heteroatoms. The molecular weight excluding hydrogens is 444 g/mol. The van der Waals surface area contributed by atoms with Crippen LogP contribution in [0.4, 0.5) is 34.4 Å². The van der Waals surface area contributed by atoms with Crippen molar-refractivity contribution in [2.75, 3.05) is 33.2 Å². The van der Waals surface area contributed by atoms with Crippen molar-refractivity contribution in [3.05, 3.63) is 60.2 Å². The van der Waals surface area contributed by atoms with Gasteiger partial charge >= 0.3 is 0 Å². The lowest BCUT2D eigenvalue weighted by atomic mass is 9.77. The Morgan fingerprint density at radius 3 is 2.03 bits per heavy atom. The average Bonchev–Trinajstić information content (AvgIpc) is 2.77. The number of nitrogens with zero attached hydrogens (tertiary/aromatic N) is 1. The molecule has 0 radical (unpaired) electrons. The van der Waals surface area contributed by atoms with Crippen molar-refractivity contribution < 1.29 is 13.5 Å². The summed E-state index contributed by atoms with van der Waals surface area (Å²) in [5, 5.41) is 15.0. The lowest BCUT2D eigenvalue weighted by Gasteiger charge is -2.33. The van der Waals surface area contributed by atoms with Crippen LogP contribution in [0.3, 0.4) is 0 Å². The second-order valence-corrected chi connectivity index (χ2v) is 9.36. The Labute approximate surface area is 191 Å². The zero-order chi connectivity index (χ0) is 23.6. The highest BCUT2D eigenvalue weighted by Crippen LogP contribution is 2.37. The van der Waals surface area contributed by atoms with Crippen molar-refractivity contribution in [1.29, 1.82) is 0 Å². The fraction of sp³-hybridized carbons (Fsp3) is 0.190. The molecule has 3 aromatic rings. The van der Waals surface area contributed by atoms with Gasteiger partial charge in [-0.1, -0.05) is 12.1 Å². The number of nitrogens with one attached hydrogen (secondary N) is 4. The van der Waals surface area contributed by atoms with E-state index in [0.717, 1.165) is 24.1 Å². The zero-order valence-electron chi connectivity index (χ0n) is 17.6. The van der Waals surface area contributed by atoms with E-state index in [1.807, 2.05) is 24.3 Å². The van der Waals surface area contributed by atoms with Crippen molar-refractivity contribution in [2.24, 2.45) is 5.14 Å². The maximum Gasteiger partial charge on any atom is 0.238 e. The van der Waals surface area contributed by atoms with Crippen LogP contribution in [-0.4, -0.2) is 24.6 Å². The number of hydrogen-bond acceptors (Lipinski definition) is 10. The minimum Gasteiger partial charge on any atom is -0.392 e. The molecule has 0 spiro atoms. The first-order valence-electron chi connectivity index (χ1n) is 10.2. The molecule has 4 rings (SSSR count). The number of rotatable bonds is 8. The highest BCUT2D eigenvalue weighted by molar-refractivity contribution is 7.89. The van der Waals surface area contributed by atoms with Crippen LogP contribution in [-0.2, 0) is 10.0 Å². The molecule has 11 nitrogen and oxygen atoms in total. The Morgan fingerprint density at radius 1 is 0.848 bits per heavy atom. The van der Waals surface area contributed by atoms with E-state index < -0.39 is 10.0 Å². The molecule has 2 unspecified atom stereocenters. The van der Waals surface area contributed by atoms with Crippen LogP contribution >= 0.6 is 0 Å². The molecule has 2 atom stereocenters. The standard InChI is InChI=1S/C21H26N8O3S/c22-20-17(28-26-13-4-6-15(7-5-13)33(24,31)32)11-18(21(23)25-20)29-27-14-3-1-2-12(10-14)16-8-9-19(16)30/h1-7,10-11,16,19,26-30H,8-9H2,(H4,22,23,25)(H2,24,31,32). The number of anilines is 6. The molecule has 1 heterocycles. The van der Waals surface area contributed by atoms with Gasteiger partial charge in [-0.3, -0.25) is 10.9 Å². The van der Waals surface area contributed by atoms with Gasteiger partial charge in [0.2, 0.25) is 10.0 Å². The summed E-state index contributed by atoms with van der Waals surface area (Å²) >= 11 is 0. The van der Waals surface area contributed by atoms with Gasteiger partial charge in [0.15, 0.2) is 11.6 Å². The van der Waals surface area contributed by atoms with E-state index in [-0.39, 0.29) is 28.6 Å². The number of aliphatic hydroxyl groups is 1. The van der Waals surface area contributed by atoms with Gasteiger partial charge < -0.3 is 27.4 Å². The molecule has 33 heavy (non-hydrogen) atoms. The van der Waals surface area contributed by atoms with Crippen LogP contribution < -0.4 is 38.3 Å². The average molecular weight is 471 g/mol. The van der Waals surface area contributed by atoms with Gasteiger partial charge in [0, 0.05) is 5.92 Å². The van der Waals surface area contributed by atoms with Crippen LogP contribution in [0.2, 0.25) is 0 Å². The maximum atomic E-state index is 11.4. The first-order valence-corrected chi connectivity index (χ1v) is 11.8. The summed E-state index contributed by atoms with van der Waals surface area (Å²) in [4.78, 5) is 4.15. The SMILES string of the molecule is Nc1nc(N)c(NNc2cccc(C3CCC3O)c2)cc1NNc1ccc(S(N)(=O)=O)cc1. The molecule has 1 aliphatic carbocycles. The summed E-state index contributed by atoms with van der Waals surface area (Å²) in [5.74, 6) is 0.539. The smallest absolute Gasteiger partial charge is 0.238 e. The number of aliphatic hydroxyl groups excluding tert-OH is 1. The number of pyridine rings is 1. The number of hydrazine groups is 2. The van der Waals surface area contributed by atoms with Crippen molar-refractivity contribution in [1.82, 2.24) is 4.98 Å². The zero-order valence-corrected chi connectivity index (χ0v) is 18.4. The van der Waals surface area contributed by atoms with Gasteiger partial charge in [-0.2, -0.15) is 0 Å². The third-order valence-electron chi connectivity index (χ3n) is 5.50. The number of nitrogen functional groups attached to an aromatic ring is 2. The number of nitrogens with two attached hydrogens (primary N) is 3. The summed E-state index contributed by atoms with van der Waals surface area (Å²) in [6.07, 6.45) is 1.51. The largest absolute Gasteiger partial charge is 0.392 e. The van der Waals surface area contributed by atoms with Gasteiger partial charge in [0.25, 0.3) is 0 Å². The third-order valence-corrected chi connectivity index (χ3v) is 6.43. The summed E-state index contributed by atoms with van der Waals surface area (Å²) in [6, 6.07) is 15.4. The molecule has 1 aromatic heterocycles. The Balaban J connectivity index is 1.42. The lowest BCUT2D eigenvalue weighted by molar-refractivity contribution is 0.0661. The second-order valence-electron chi connectivity index (χ2n) is 7.80. The molecule has 0 aliphatic heterocycles. The molecule has 0 amide bonds. The topological polar surface area (TPSA) is 193 Å². The van der Waals surface area contributed by atoms with Crippen LogP contribution in [0, 0.1) is 0 Å². The van der Waals surface area contributed by atoms with E-state index in [2.05, 4.69) is 26.7 Å². The Bertz CT molecular complexity index is 1250. The Morgan fingerprint density at radius 2 is 1.48 bits per heavy atom. The van der Waals surface area contributed by atoms with Gasteiger partial charge in [-0.25, -0.2) is 18.5 Å². The van der Waals surface area contributed by atoms with E-state index in [9.17, 15) is 13.5 Å². The fourth-order valence-electron chi connectivity index (χ4n) is 3.47. The number of hydrogen-bond donors (Lipinski definition) is 8. The predicted molar refractivity (Wildman–Crippen MR) is 130 cm³/mol. The minimum atomic E-state index is -3.76. The first kappa shape index (κ1) is 22.5. The van der Waals surface area contributed by atoms with Gasteiger partial charge in [-0.05, 0) is 60.9 Å². The molecule has 0 saturated heterocycles. The number of benzene rings is 2. The predicted octanol–water partition coefficient (Wildman–Crippen LogP) is 2.01. The van der Waals surface area contributed by atoms with E-state index in [4.69, 9.17) is 16.6 Å². The quantitative estimate of drug-likeness (QED) is 0.226. The van der Waals surface area contributed by atoms with Crippen molar-refractivity contribution in [3.8, 4) is 0 Å². The molecule has 1 aliphatic rings. The number of aromatic nitrogens is 1. The van der Waals surface area contributed by atoms with E-state index >= 15 is 0 Å². The fourth-order valence-corrected chi connectivity index (χ4v) is 3.98. The van der Waals surface area contributed by atoms with Gasteiger partial charge in [0.05, 0.1) is 33.7 Å².